The van der Waals surface area contributed by atoms with Gasteiger partial charge in [-0.1, -0.05) is 6.42 Å². The summed E-state index contributed by atoms with van der Waals surface area (Å²) in [6, 6.07) is -0.272. The van der Waals surface area contributed by atoms with Gasteiger partial charge < -0.3 is 10.4 Å². The maximum Gasteiger partial charge on any atom is 0.311 e. The summed E-state index contributed by atoms with van der Waals surface area (Å²) in [7, 11) is 0. The Labute approximate surface area is 109 Å². The van der Waals surface area contributed by atoms with E-state index in [-0.39, 0.29) is 17.7 Å². The van der Waals surface area contributed by atoms with Crippen LogP contribution in [0.3, 0.4) is 0 Å². The Bertz CT molecular complexity index is 504. The van der Waals surface area contributed by atoms with Gasteiger partial charge in [0.25, 0.3) is 0 Å². The van der Waals surface area contributed by atoms with E-state index in [2.05, 4.69) is 15.3 Å². The second-order valence-corrected chi connectivity index (χ2v) is 4.83. The minimum absolute atomic E-state index is 0.196. The lowest BCUT2D eigenvalue weighted by Gasteiger charge is -2.27. The number of hydrogen-bond donors (Lipinski definition) is 2. The van der Waals surface area contributed by atoms with Gasteiger partial charge in [-0.25, -0.2) is 9.97 Å². The second kappa shape index (κ2) is 4.79. The third-order valence-electron chi connectivity index (χ3n) is 3.60. The maximum atomic E-state index is 11.3. The summed E-state index contributed by atoms with van der Waals surface area (Å²) in [4.78, 5) is 28.9. The number of carboxylic acid groups (broad SMARTS) is 1. The predicted octanol–water partition coefficient (Wildman–Crippen LogP) is 1.44. The molecule has 0 spiro atoms. The van der Waals surface area contributed by atoms with Crippen LogP contribution in [0.2, 0.25) is 0 Å². The van der Waals surface area contributed by atoms with Crippen molar-refractivity contribution in [2.45, 2.75) is 32.2 Å². The molecule has 1 saturated carbocycles. The molecule has 0 radical (unpaired) electrons. The molecule has 1 heterocycles. The van der Waals surface area contributed by atoms with E-state index in [4.69, 9.17) is 0 Å². The zero-order valence-corrected chi connectivity index (χ0v) is 10.4. The van der Waals surface area contributed by atoms with Gasteiger partial charge in [0.1, 0.15) is 12.4 Å². The van der Waals surface area contributed by atoms with Gasteiger partial charge in [0.15, 0.2) is 0 Å². The molecule has 19 heavy (non-hydrogen) atoms. The molecule has 0 aromatic carbocycles. The Hall–Kier alpha value is -2.25. The molecule has 0 saturated heterocycles. The molecule has 1 aromatic heterocycles. The van der Waals surface area contributed by atoms with Crippen LogP contribution in [0.5, 0.6) is 0 Å². The highest BCUT2D eigenvalue weighted by molar-refractivity contribution is 5.76. The van der Waals surface area contributed by atoms with Crippen molar-refractivity contribution in [2.24, 2.45) is 5.41 Å². The van der Waals surface area contributed by atoms with E-state index in [0.717, 1.165) is 18.8 Å². The molecule has 1 aliphatic rings. The lowest BCUT2D eigenvalue weighted by atomic mass is 9.85. The van der Waals surface area contributed by atoms with Crippen LogP contribution in [0.15, 0.2) is 12.4 Å². The fraction of sp³-hybridized carbons (Fsp3) is 0.545. The van der Waals surface area contributed by atoms with Gasteiger partial charge >= 0.3 is 11.7 Å². The number of anilines is 1. The third-order valence-corrected chi connectivity index (χ3v) is 3.60. The van der Waals surface area contributed by atoms with Crippen molar-refractivity contribution in [1.29, 1.82) is 0 Å². The first kappa shape index (κ1) is 13.2. The molecule has 0 amide bonds. The summed E-state index contributed by atoms with van der Waals surface area (Å²) >= 11 is 0. The van der Waals surface area contributed by atoms with Crippen molar-refractivity contribution in [3.63, 3.8) is 0 Å². The fourth-order valence-electron chi connectivity index (χ4n) is 2.30. The molecule has 0 aliphatic heterocycles. The lowest BCUT2D eigenvalue weighted by molar-refractivity contribution is -0.385. The Morgan fingerprint density at radius 2 is 2.21 bits per heavy atom. The Morgan fingerprint density at radius 3 is 2.74 bits per heavy atom. The zero-order valence-electron chi connectivity index (χ0n) is 10.4. The van der Waals surface area contributed by atoms with E-state index in [1.165, 1.54) is 0 Å². The van der Waals surface area contributed by atoms with Crippen LogP contribution in [-0.2, 0) is 4.79 Å². The van der Waals surface area contributed by atoms with Gasteiger partial charge in [-0.15, -0.1) is 0 Å². The number of aliphatic carboxylic acids is 1. The van der Waals surface area contributed by atoms with Crippen molar-refractivity contribution in [2.75, 3.05) is 5.32 Å². The van der Waals surface area contributed by atoms with Gasteiger partial charge in [0.2, 0.25) is 5.95 Å². The Kier molecular flexibility index (Phi) is 3.32. The number of nitrogens with zero attached hydrogens (tertiary/aromatic N) is 3. The number of nitro groups is 1. The molecular formula is C11H14N4O4. The molecule has 2 atom stereocenters. The smallest absolute Gasteiger partial charge is 0.311 e. The Morgan fingerprint density at radius 1 is 1.58 bits per heavy atom. The molecule has 8 heteroatoms. The molecule has 102 valence electrons. The predicted molar refractivity (Wildman–Crippen MR) is 65.7 cm³/mol. The zero-order chi connectivity index (χ0) is 14.0. The first-order chi connectivity index (χ1) is 8.93. The Balaban J connectivity index is 2.12. The number of aromatic nitrogens is 2. The second-order valence-electron chi connectivity index (χ2n) is 4.83. The van der Waals surface area contributed by atoms with Crippen molar-refractivity contribution in [3.8, 4) is 0 Å². The molecule has 1 fully saturated rings. The van der Waals surface area contributed by atoms with Crippen LogP contribution < -0.4 is 5.32 Å². The van der Waals surface area contributed by atoms with Crippen LogP contribution in [0.1, 0.15) is 26.2 Å². The average molecular weight is 266 g/mol. The first-order valence-corrected chi connectivity index (χ1v) is 5.90. The molecule has 8 nitrogen and oxygen atoms in total. The minimum Gasteiger partial charge on any atom is -0.481 e. The van der Waals surface area contributed by atoms with E-state index >= 15 is 0 Å². The van der Waals surface area contributed by atoms with Crippen LogP contribution in [-0.4, -0.2) is 32.0 Å². The van der Waals surface area contributed by atoms with Crippen LogP contribution in [0.25, 0.3) is 0 Å². The van der Waals surface area contributed by atoms with Gasteiger partial charge in [0.05, 0.1) is 10.3 Å². The highest BCUT2D eigenvalue weighted by atomic mass is 16.6. The van der Waals surface area contributed by atoms with Crippen molar-refractivity contribution in [1.82, 2.24) is 9.97 Å². The quantitative estimate of drug-likeness (QED) is 0.625. The standard InChI is InChI=1S/C11H14N4O4/c1-11(9(16)17)4-2-3-8(11)14-10-12-5-7(6-13-10)15(18)19/h5-6,8H,2-4H2,1H3,(H,16,17)(H,12,13,14). The van der Waals surface area contributed by atoms with Crippen molar-refractivity contribution < 1.29 is 14.8 Å². The number of carboxylic acids is 1. The summed E-state index contributed by atoms with van der Waals surface area (Å²) in [6.07, 6.45) is 4.31. The van der Waals surface area contributed by atoms with E-state index in [9.17, 15) is 20.0 Å². The normalized spacial score (nSPS) is 26.1. The summed E-state index contributed by atoms with van der Waals surface area (Å²) in [6.45, 7) is 1.69. The highest BCUT2D eigenvalue weighted by Gasteiger charge is 2.45. The number of rotatable bonds is 4. The monoisotopic (exact) mass is 266 g/mol. The fourth-order valence-corrected chi connectivity index (χ4v) is 2.30. The van der Waals surface area contributed by atoms with Gasteiger partial charge in [-0.3, -0.25) is 14.9 Å². The van der Waals surface area contributed by atoms with E-state index < -0.39 is 16.3 Å². The SMILES string of the molecule is CC1(C(=O)O)CCCC1Nc1ncc([N+](=O)[O-])cn1. The van der Waals surface area contributed by atoms with Gasteiger partial charge in [-0.2, -0.15) is 0 Å². The molecule has 1 aliphatic carbocycles. The van der Waals surface area contributed by atoms with Crippen LogP contribution in [0.4, 0.5) is 11.6 Å². The largest absolute Gasteiger partial charge is 0.481 e. The van der Waals surface area contributed by atoms with Crippen LogP contribution >= 0.6 is 0 Å². The topological polar surface area (TPSA) is 118 Å². The first-order valence-electron chi connectivity index (χ1n) is 5.90. The van der Waals surface area contributed by atoms with E-state index in [1.807, 2.05) is 0 Å². The maximum absolute atomic E-state index is 11.3. The van der Waals surface area contributed by atoms with Gasteiger partial charge in [0, 0.05) is 6.04 Å². The van der Waals surface area contributed by atoms with Crippen LogP contribution in [0, 0.1) is 15.5 Å². The lowest BCUT2D eigenvalue weighted by Crippen LogP contribution is -2.40. The molecular weight excluding hydrogens is 252 g/mol. The average Bonchev–Trinajstić information content (AvgIpc) is 2.73. The summed E-state index contributed by atoms with van der Waals surface area (Å²) in [5.74, 6) is -0.644. The van der Waals surface area contributed by atoms with Gasteiger partial charge in [-0.05, 0) is 19.8 Å². The summed E-state index contributed by atoms with van der Waals surface area (Å²) in [5.41, 5.74) is -1.05. The molecule has 1 aromatic rings. The summed E-state index contributed by atoms with van der Waals surface area (Å²) < 4.78 is 0. The number of carbonyl (C=O) groups is 1. The summed E-state index contributed by atoms with van der Waals surface area (Å²) in [5, 5.41) is 22.7. The van der Waals surface area contributed by atoms with Crippen molar-refractivity contribution >= 4 is 17.6 Å². The van der Waals surface area contributed by atoms with E-state index in [1.54, 1.807) is 6.92 Å². The molecule has 2 N–H and O–H groups in total. The number of hydrogen-bond acceptors (Lipinski definition) is 6. The molecule has 2 unspecified atom stereocenters. The van der Waals surface area contributed by atoms with Crippen molar-refractivity contribution in [3.05, 3.63) is 22.5 Å². The molecule has 2 rings (SSSR count). The third kappa shape index (κ3) is 2.47. The minimum atomic E-state index is -0.857. The van der Waals surface area contributed by atoms with E-state index in [0.29, 0.717) is 12.8 Å². The molecule has 0 bridgehead atoms. The number of nitrogens with one attached hydrogen (secondary N) is 1. The highest BCUT2D eigenvalue weighted by Crippen LogP contribution is 2.39.